The molecule has 0 radical (unpaired) electrons. The zero-order valence-corrected chi connectivity index (χ0v) is 12.5. The maximum absolute atomic E-state index is 10.2. The average Bonchev–Trinajstić information content (AvgIpc) is 3.06. The van der Waals surface area contributed by atoms with E-state index in [0.29, 0.717) is 11.3 Å². The van der Waals surface area contributed by atoms with Crippen molar-refractivity contribution in [1.82, 2.24) is 5.32 Å². The van der Waals surface area contributed by atoms with Crippen LogP contribution >= 0.6 is 11.8 Å². The van der Waals surface area contributed by atoms with Crippen LogP contribution in [-0.2, 0) is 0 Å². The van der Waals surface area contributed by atoms with Crippen LogP contribution in [-0.4, -0.2) is 35.5 Å². The summed E-state index contributed by atoms with van der Waals surface area (Å²) in [5.41, 5.74) is 0.867. The Bertz CT molecular complexity index is 474. The fourth-order valence-corrected chi connectivity index (χ4v) is 3.96. The molecule has 0 spiro atoms. The van der Waals surface area contributed by atoms with E-state index in [1.807, 2.05) is 30.0 Å². The van der Waals surface area contributed by atoms with E-state index in [1.165, 1.54) is 18.6 Å². The van der Waals surface area contributed by atoms with Gasteiger partial charge < -0.3 is 19.9 Å². The first kappa shape index (κ1) is 14.0. The van der Waals surface area contributed by atoms with E-state index in [9.17, 15) is 5.11 Å². The Morgan fingerprint density at radius 2 is 2.25 bits per heavy atom. The lowest BCUT2D eigenvalue weighted by atomic mass is 10.1. The van der Waals surface area contributed by atoms with Crippen LogP contribution in [0.3, 0.4) is 0 Å². The first-order valence-electron chi connectivity index (χ1n) is 7.09. The number of nitrogens with one attached hydrogen (secondary N) is 1. The Morgan fingerprint density at radius 1 is 1.40 bits per heavy atom. The molecule has 1 fully saturated rings. The molecule has 1 saturated heterocycles. The minimum Gasteiger partial charge on any atom is -0.454 e. The Balaban J connectivity index is 1.52. The van der Waals surface area contributed by atoms with Gasteiger partial charge in [-0.15, -0.1) is 0 Å². The molecule has 110 valence electrons. The molecule has 2 aliphatic heterocycles. The van der Waals surface area contributed by atoms with Gasteiger partial charge in [0.2, 0.25) is 6.79 Å². The van der Waals surface area contributed by atoms with Crippen LogP contribution in [0.2, 0.25) is 0 Å². The number of ether oxygens (including phenoxy) is 2. The molecule has 2 unspecified atom stereocenters. The molecule has 0 saturated carbocycles. The monoisotopic (exact) mass is 295 g/mol. The summed E-state index contributed by atoms with van der Waals surface area (Å²) in [4.78, 5) is 0. The second kappa shape index (κ2) is 5.84. The molecule has 0 aliphatic carbocycles. The van der Waals surface area contributed by atoms with E-state index >= 15 is 0 Å². The molecule has 3 rings (SSSR count). The van der Waals surface area contributed by atoms with Crippen LogP contribution < -0.4 is 14.8 Å². The fraction of sp³-hybridized carbons (Fsp3) is 0.600. The van der Waals surface area contributed by atoms with E-state index in [4.69, 9.17) is 9.47 Å². The van der Waals surface area contributed by atoms with Crippen LogP contribution in [0.15, 0.2) is 18.2 Å². The van der Waals surface area contributed by atoms with Crippen LogP contribution in [0.1, 0.15) is 31.4 Å². The van der Waals surface area contributed by atoms with Crippen molar-refractivity contribution in [1.29, 1.82) is 0 Å². The average molecular weight is 295 g/mol. The number of rotatable bonds is 5. The minimum atomic E-state index is -0.514. The van der Waals surface area contributed by atoms with Gasteiger partial charge in [-0.05, 0) is 43.2 Å². The van der Waals surface area contributed by atoms with Gasteiger partial charge in [0.15, 0.2) is 11.5 Å². The summed E-state index contributed by atoms with van der Waals surface area (Å²) < 4.78 is 10.9. The number of benzene rings is 1. The molecule has 0 amide bonds. The number of aliphatic hydroxyl groups excluding tert-OH is 1. The summed E-state index contributed by atoms with van der Waals surface area (Å²) in [6.45, 7) is 4.07. The van der Waals surface area contributed by atoms with Crippen molar-refractivity contribution in [2.75, 3.05) is 25.6 Å². The third-order valence-electron chi connectivity index (χ3n) is 3.92. The summed E-state index contributed by atoms with van der Waals surface area (Å²) in [6.07, 6.45) is 2.04. The highest BCUT2D eigenvalue weighted by atomic mass is 32.2. The predicted molar refractivity (Wildman–Crippen MR) is 80.5 cm³/mol. The first-order valence-corrected chi connectivity index (χ1v) is 8.07. The molecule has 0 bridgehead atoms. The van der Waals surface area contributed by atoms with Gasteiger partial charge in [-0.1, -0.05) is 6.07 Å². The zero-order valence-electron chi connectivity index (χ0n) is 11.7. The first-order chi connectivity index (χ1) is 9.66. The smallest absolute Gasteiger partial charge is 0.231 e. The highest BCUT2D eigenvalue weighted by molar-refractivity contribution is 8.00. The molecule has 2 aliphatic rings. The molecule has 1 aromatic rings. The lowest BCUT2D eigenvalue weighted by molar-refractivity contribution is 0.170. The van der Waals surface area contributed by atoms with Crippen molar-refractivity contribution < 1.29 is 14.6 Å². The van der Waals surface area contributed by atoms with Gasteiger partial charge in [0.25, 0.3) is 0 Å². The lowest BCUT2D eigenvalue weighted by Crippen LogP contribution is -2.35. The summed E-state index contributed by atoms with van der Waals surface area (Å²) in [5.74, 6) is 2.73. The standard InChI is InChI=1S/C15H21NO3S/c1-15(5-2-6-20-15)9-16-8-12(17)11-3-4-13-14(7-11)19-10-18-13/h3-4,7,12,16-17H,2,5-6,8-10H2,1H3. The summed E-state index contributed by atoms with van der Waals surface area (Å²) >= 11 is 2.03. The van der Waals surface area contributed by atoms with Gasteiger partial charge in [-0.25, -0.2) is 0 Å². The minimum absolute atomic E-state index is 0.267. The molecule has 4 nitrogen and oxygen atoms in total. The Kier molecular flexibility index (Phi) is 4.10. The van der Waals surface area contributed by atoms with Gasteiger partial charge in [0, 0.05) is 17.8 Å². The van der Waals surface area contributed by atoms with Crippen LogP contribution in [0.4, 0.5) is 0 Å². The van der Waals surface area contributed by atoms with Gasteiger partial charge in [0.05, 0.1) is 6.10 Å². The van der Waals surface area contributed by atoms with Crippen molar-refractivity contribution >= 4 is 11.8 Å². The van der Waals surface area contributed by atoms with E-state index in [1.54, 1.807) is 0 Å². The maximum atomic E-state index is 10.2. The largest absolute Gasteiger partial charge is 0.454 e. The molecule has 20 heavy (non-hydrogen) atoms. The molecule has 5 heteroatoms. The highest BCUT2D eigenvalue weighted by Gasteiger charge is 2.29. The third-order valence-corrected chi connectivity index (χ3v) is 5.46. The zero-order chi connectivity index (χ0) is 14.0. The highest BCUT2D eigenvalue weighted by Crippen LogP contribution is 2.37. The molecule has 2 heterocycles. The molecule has 0 aromatic heterocycles. The van der Waals surface area contributed by atoms with Crippen molar-refractivity contribution in [3.63, 3.8) is 0 Å². The van der Waals surface area contributed by atoms with Crippen molar-refractivity contribution in [3.8, 4) is 11.5 Å². The van der Waals surface area contributed by atoms with Gasteiger partial charge in [0.1, 0.15) is 0 Å². The predicted octanol–water partition coefficient (Wildman–Crippen LogP) is 2.32. The summed E-state index contributed by atoms with van der Waals surface area (Å²) in [5, 5.41) is 13.6. The number of hydrogen-bond acceptors (Lipinski definition) is 5. The maximum Gasteiger partial charge on any atom is 0.231 e. The van der Waals surface area contributed by atoms with E-state index in [-0.39, 0.29) is 6.79 Å². The van der Waals surface area contributed by atoms with Crippen LogP contribution in [0.5, 0.6) is 11.5 Å². The molecular formula is C15H21NO3S. The number of fused-ring (bicyclic) bond motifs is 1. The number of thioether (sulfide) groups is 1. The Labute approximate surface area is 123 Å². The summed E-state index contributed by atoms with van der Waals surface area (Å²) in [6, 6.07) is 5.61. The summed E-state index contributed by atoms with van der Waals surface area (Å²) in [7, 11) is 0. The lowest BCUT2D eigenvalue weighted by Gasteiger charge is -2.24. The second-order valence-electron chi connectivity index (χ2n) is 5.66. The fourth-order valence-electron chi connectivity index (χ4n) is 2.69. The second-order valence-corrected chi connectivity index (χ2v) is 7.34. The third kappa shape index (κ3) is 3.05. The van der Waals surface area contributed by atoms with E-state index in [0.717, 1.165) is 23.6 Å². The van der Waals surface area contributed by atoms with E-state index in [2.05, 4.69) is 12.2 Å². The van der Waals surface area contributed by atoms with Crippen LogP contribution in [0, 0.1) is 0 Å². The topological polar surface area (TPSA) is 50.7 Å². The van der Waals surface area contributed by atoms with Gasteiger partial charge in [-0.2, -0.15) is 11.8 Å². The van der Waals surface area contributed by atoms with Gasteiger partial charge >= 0.3 is 0 Å². The van der Waals surface area contributed by atoms with Crippen molar-refractivity contribution in [2.24, 2.45) is 0 Å². The number of aliphatic hydroxyl groups is 1. The quantitative estimate of drug-likeness (QED) is 0.873. The van der Waals surface area contributed by atoms with Gasteiger partial charge in [-0.3, -0.25) is 0 Å². The Morgan fingerprint density at radius 3 is 3.05 bits per heavy atom. The molecule has 1 aromatic carbocycles. The molecular weight excluding hydrogens is 274 g/mol. The van der Waals surface area contributed by atoms with E-state index < -0.39 is 6.10 Å². The van der Waals surface area contributed by atoms with Crippen molar-refractivity contribution in [2.45, 2.75) is 30.6 Å². The SMILES string of the molecule is CC1(CNCC(O)c2ccc3c(c2)OCO3)CCCS1. The number of hydrogen-bond donors (Lipinski definition) is 2. The molecule has 2 atom stereocenters. The van der Waals surface area contributed by atoms with Crippen LogP contribution in [0.25, 0.3) is 0 Å². The van der Waals surface area contributed by atoms with Crippen molar-refractivity contribution in [3.05, 3.63) is 23.8 Å². The molecule has 2 N–H and O–H groups in total. The normalized spacial score (nSPS) is 25.9. The Hall–Kier alpha value is -0.910.